The highest BCUT2D eigenvalue weighted by Gasteiger charge is 2.42. The molecule has 0 bridgehead atoms. The smallest absolute Gasteiger partial charge is 0.287 e. The number of amides is 1. The van der Waals surface area contributed by atoms with Crippen molar-refractivity contribution in [1.82, 2.24) is 0 Å². The van der Waals surface area contributed by atoms with Gasteiger partial charge in [0.25, 0.3) is 5.91 Å². The lowest BCUT2D eigenvalue weighted by Crippen LogP contribution is -2.50. The highest BCUT2D eigenvalue weighted by Crippen LogP contribution is 2.33. The Morgan fingerprint density at radius 1 is 1.09 bits per heavy atom. The molecule has 2 atom stereocenters. The second-order valence-electron chi connectivity index (χ2n) is 4.95. The third-order valence-electron chi connectivity index (χ3n) is 3.59. The molecule has 0 aliphatic rings. The summed E-state index contributed by atoms with van der Waals surface area (Å²) in [5.74, 6) is -3.58. The molecule has 2 rings (SSSR count). The van der Waals surface area contributed by atoms with E-state index in [4.69, 9.17) is 5.73 Å². The van der Waals surface area contributed by atoms with E-state index in [1.165, 1.54) is 22.8 Å². The lowest BCUT2D eigenvalue weighted by atomic mass is 9.81. The lowest BCUT2D eigenvalue weighted by molar-refractivity contribution is -0.712. The summed E-state index contributed by atoms with van der Waals surface area (Å²) in [4.78, 5) is 12.0. The van der Waals surface area contributed by atoms with Crippen molar-refractivity contribution in [3.63, 3.8) is 0 Å². The zero-order valence-corrected chi connectivity index (χ0v) is 12.1. The Balaban J connectivity index is 2.65. The molecule has 0 spiro atoms. The van der Waals surface area contributed by atoms with E-state index >= 15 is 0 Å². The molecule has 23 heavy (non-hydrogen) atoms. The Labute approximate surface area is 133 Å². The predicted molar refractivity (Wildman–Crippen MR) is 78.7 cm³/mol. The molecule has 2 unspecified atom stereocenters. The summed E-state index contributed by atoms with van der Waals surface area (Å²) in [5, 5.41) is 18.5. The van der Waals surface area contributed by atoms with Crippen LogP contribution in [0.5, 0.6) is 0 Å². The van der Waals surface area contributed by atoms with Gasteiger partial charge in [-0.1, -0.05) is 24.3 Å². The first kappa shape index (κ1) is 16.1. The average molecular weight is 309 g/mol. The number of halogens is 1. The normalized spacial score (nSPS) is 12.9. The molecule has 114 valence electrons. The van der Waals surface area contributed by atoms with Gasteiger partial charge >= 0.3 is 0 Å². The van der Waals surface area contributed by atoms with E-state index in [9.17, 15) is 19.7 Å². The van der Waals surface area contributed by atoms with Gasteiger partial charge in [-0.25, -0.2) is 4.39 Å². The summed E-state index contributed by atoms with van der Waals surface area (Å²) in [6, 6.07) is 13.5. The van der Waals surface area contributed by atoms with Crippen LogP contribution in [0.4, 0.5) is 4.39 Å². The van der Waals surface area contributed by atoms with Gasteiger partial charge in [0.15, 0.2) is 12.4 Å². The lowest BCUT2D eigenvalue weighted by Gasteiger charge is -2.22. The van der Waals surface area contributed by atoms with E-state index in [1.54, 1.807) is 36.7 Å². The quantitative estimate of drug-likeness (QED) is 0.850. The first-order valence-corrected chi connectivity index (χ1v) is 6.89. The number of hydrogen-bond donors (Lipinski definition) is 1. The number of nitrogens with two attached hydrogens (primary N) is 1. The highest BCUT2D eigenvalue weighted by atomic mass is 19.1. The van der Waals surface area contributed by atoms with Gasteiger partial charge in [0.2, 0.25) is 6.04 Å². The number of aromatic nitrogens is 1. The van der Waals surface area contributed by atoms with Crippen molar-refractivity contribution in [2.45, 2.75) is 12.0 Å². The number of hydrogen-bond acceptors (Lipinski definition) is 3. The van der Waals surface area contributed by atoms with Crippen LogP contribution in [-0.2, 0) is 4.79 Å². The first-order chi connectivity index (χ1) is 11.1. The second-order valence-corrected chi connectivity index (χ2v) is 4.95. The van der Waals surface area contributed by atoms with Crippen molar-refractivity contribution < 1.29 is 13.8 Å². The topological polar surface area (TPSA) is 94.5 Å². The summed E-state index contributed by atoms with van der Waals surface area (Å²) in [6.07, 6.45) is 3.18. The minimum absolute atomic E-state index is 0.112. The Bertz CT molecular complexity index is 765. The van der Waals surface area contributed by atoms with Crippen molar-refractivity contribution in [3.8, 4) is 12.1 Å². The molecule has 0 aliphatic carbocycles. The molecule has 0 fully saturated rings. The molecule has 0 saturated carbocycles. The van der Waals surface area contributed by atoms with Gasteiger partial charge in [0.05, 0.1) is 18.1 Å². The maximum atomic E-state index is 14.2. The standard InChI is InChI=1S/C17H13FN4O/c18-14-7-3-2-6-13(14)15(12(10-19)11-20)16(17(21)23)22-8-4-1-5-9-22/h1-9,12,15-16H,(H-,21,23)/p+1. The molecule has 1 aromatic carbocycles. The van der Waals surface area contributed by atoms with E-state index in [1.807, 2.05) is 12.1 Å². The summed E-state index contributed by atoms with van der Waals surface area (Å²) in [7, 11) is 0. The number of pyridine rings is 1. The summed E-state index contributed by atoms with van der Waals surface area (Å²) >= 11 is 0. The van der Waals surface area contributed by atoms with Gasteiger partial charge in [-0.3, -0.25) is 4.79 Å². The minimum Gasteiger partial charge on any atom is -0.364 e. The van der Waals surface area contributed by atoms with Crippen molar-refractivity contribution >= 4 is 5.91 Å². The number of benzene rings is 1. The number of nitrogens with zero attached hydrogens (tertiary/aromatic N) is 3. The van der Waals surface area contributed by atoms with E-state index in [-0.39, 0.29) is 5.56 Å². The van der Waals surface area contributed by atoms with Crippen molar-refractivity contribution in [3.05, 3.63) is 66.2 Å². The minimum atomic E-state index is -1.22. The summed E-state index contributed by atoms with van der Waals surface area (Å²) in [5.41, 5.74) is 5.62. The number of rotatable bonds is 5. The number of nitriles is 2. The Kier molecular flexibility index (Phi) is 5.01. The second kappa shape index (κ2) is 7.15. The molecule has 6 heteroatoms. The molecule has 0 radical (unpaired) electrons. The molecular formula is C17H14FN4O+. The Hall–Kier alpha value is -3.25. The molecule has 1 heterocycles. The number of carbonyl (C=O) groups is 1. The van der Waals surface area contributed by atoms with Gasteiger partial charge in [-0.2, -0.15) is 15.1 Å². The van der Waals surface area contributed by atoms with Crippen LogP contribution < -0.4 is 10.3 Å². The van der Waals surface area contributed by atoms with E-state index in [0.717, 1.165) is 0 Å². The molecule has 1 aromatic heterocycles. The van der Waals surface area contributed by atoms with Crippen molar-refractivity contribution in [2.75, 3.05) is 0 Å². The van der Waals surface area contributed by atoms with Crippen molar-refractivity contribution in [1.29, 1.82) is 10.5 Å². The molecule has 0 saturated heterocycles. The third kappa shape index (κ3) is 3.33. The number of carbonyl (C=O) groups excluding carboxylic acids is 1. The Morgan fingerprint density at radius 2 is 1.70 bits per heavy atom. The molecule has 2 aromatic rings. The zero-order valence-electron chi connectivity index (χ0n) is 12.1. The molecule has 2 N–H and O–H groups in total. The van der Waals surface area contributed by atoms with Gasteiger partial charge in [0.1, 0.15) is 11.7 Å². The zero-order chi connectivity index (χ0) is 16.8. The molecule has 5 nitrogen and oxygen atoms in total. The SMILES string of the molecule is N#CC(C#N)C(c1ccccc1F)C(C(N)=O)[n+]1ccccc1. The van der Waals surface area contributed by atoms with Crippen LogP contribution >= 0.6 is 0 Å². The maximum absolute atomic E-state index is 14.2. The van der Waals surface area contributed by atoms with Crippen LogP contribution in [0, 0.1) is 34.4 Å². The Morgan fingerprint density at radius 3 is 2.22 bits per heavy atom. The van der Waals surface area contributed by atoms with Crippen LogP contribution in [0.25, 0.3) is 0 Å². The fourth-order valence-corrected chi connectivity index (χ4v) is 2.57. The third-order valence-corrected chi connectivity index (χ3v) is 3.59. The maximum Gasteiger partial charge on any atom is 0.287 e. The molecular weight excluding hydrogens is 295 g/mol. The van der Waals surface area contributed by atoms with E-state index in [2.05, 4.69) is 0 Å². The van der Waals surface area contributed by atoms with Gasteiger partial charge in [-0.05, 0) is 6.07 Å². The van der Waals surface area contributed by atoms with Gasteiger partial charge < -0.3 is 5.73 Å². The summed E-state index contributed by atoms with van der Waals surface area (Å²) in [6.45, 7) is 0. The van der Waals surface area contributed by atoms with Crippen LogP contribution in [0.3, 0.4) is 0 Å². The van der Waals surface area contributed by atoms with Crippen LogP contribution in [-0.4, -0.2) is 5.91 Å². The van der Waals surface area contributed by atoms with Crippen molar-refractivity contribution in [2.24, 2.45) is 11.7 Å². The van der Waals surface area contributed by atoms with E-state index in [0.29, 0.717) is 0 Å². The predicted octanol–water partition coefficient (Wildman–Crippen LogP) is 1.59. The molecule has 1 amide bonds. The largest absolute Gasteiger partial charge is 0.364 e. The van der Waals surface area contributed by atoms with Gasteiger partial charge in [-0.15, -0.1) is 0 Å². The highest BCUT2D eigenvalue weighted by molar-refractivity contribution is 5.78. The van der Waals surface area contributed by atoms with Crippen LogP contribution in [0.15, 0.2) is 54.9 Å². The molecule has 0 aliphatic heterocycles. The van der Waals surface area contributed by atoms with Crippen LogP contribution in [0.1, 0.15) is 17.5 Å². The first-order valence-electron chi connectivity index (χ1n) is 6.89. The monoisotopic (exact) mass is 309 g/mol. The van der Waals surface area contributed by atoms with Gasteiger partial charge in [0, 0.05) is 17.7 Å². The van der Waals surface area contributed by atoms with Crippen LogP contribution in [0.2, 0.25) is 0 Å². The van der Waals surface area contributed by atoms with E-state index < -0.39 is 29.6 Å². The average Bonchev–Trinajstić information content (AvgIpc) is 2.56. The fraction of sp³-hybridized carbons (Fsp3) is 0.176. The number of primary amides is 1. The summed E-state index contributed by atoms with van der Waals surface area (Å²) < 4.78 is 15.7. The fourth-order valence-electron chi connectivity index (χ4n) is 2.57.